The van der Waals surface area contributed by atoms with Crippen molar-refractivity contribution >= 4 is 11.9 Å². The zero-order valence-corrected chi connectivity index (χ0v) is 16.8. The molecule has 7 heteroatoms. The van der Waals surface area contributed by atoms with Crippen molar-refractivity contribution in [1.29, 1.82) is 0 Å². The van der Waals surface area contributed by atoms with Gasteiger partial charge in [0.05, 0.1) is 26.3 Å². The van der Waals surface area contributed by atoms with Crippen molar-refractivity contribution in [3.8, 4) is 11.5 Å². The van der Waals surface area contributed by atoms with Gasteiger partial charge in [-0.05, 0) is 30.2 Å². The Morgan fingerprint density at radius 3 is 2.52 bits per heavy atom. The number of fused-ring (bicyclic) bond motifs is 1. The molecule has 1 aliphatic heterocycles. The first kappa shape index (κ1) is 19.0. The summed E-state index contributed by atoms with van der Waals surface area (Å²) in [5.41, 5.74) is 2.05. The molecule has 0 N–H and O–H groups in total. The summed E-state index contributed by atoms with van der Waals surface area (Å²) in [5, 5.41) is 4.45. The molecule has 29 heavy (non-hydrogen) atoms. The van der Waals surface area contributed by atoms with Gasteiger partial charge >= 0.3 is 0 Å². The molecule has 0 saturated heterocycles. The molecule has 3 aromatic rings. The molecule has 4 rings (SSSR count). The lowest BCUT2D eigenvalue weighted by Gasteiger charge is -2.39. The van der Waals surface area contributed by atoms with Crippen LogP contribution in [0.1, 0.15) is 43.0 Å². The zero-order chi connectivity index (χ0) is 20.4. The maximum absolute atomic E-state index is 12.9. The van der Waals surface area contributed by atoms with Crippen LogP contribution in [0.4, 0.5) is 5.95 Å². The third kappa shape index (κ3) is 3.33. The Morgan fingerprint density at radius 2 is 1.83 bits per heavy atom. The Hall–Kier alpha value is -3.35. The van der Waals surface area contributed by atoms with Crippen molar-refractivity contribution in [2.24, 2.45) is 0 Å². The molecule has 2 atom stereocenters. The first-order valence-corrected chi connectivity index (χ1v) is 9.66. The third-order valence-electron chi connectivity index (χ3n) is 5.39. The number of anilines is 1. The molecule has 2 aromatic carbocycles. The van der Waals surface area contributed by atoms with E-state index in [0.717, 1.165) is 22.6 Å². The molecule has 1 aromatic heterocycles. The van der Waals surface area contributed by atoms with E-state index in [1.807, 2.05) is 60.1 Å². The molecule has 0 spiro atoms. The number of methoxy groups -OCH3 is 2. The minimum atomic E-state index is -0.167. The van der Waals surface area contributed by atoms with E-state index >= 15 is 0 Å². The summed E-state index contributed by atoms with van der Waals surface area (Å²) in [5.74, 6) is 2.14. The summed E-state index contributed by atoms with van der Waals surface area (Å²) < 4.78 is 12.7. The Morgan fingerprint density at radius 1 is 1.07 bits per heavy atom. The highest BCUT2D eigenvalue weighted by Crippen LogP contribution is 2.44. The van der Waals surface area contributed by atoms with Gasteiger partial charge in [-0.25, -0.2) is 4.68 Å². The molecular weight excluding hydrogens is 368 g/mol. The van der Waals surface area contributed by atoms with Gasteiger partial charge in [0.15, 0.2) is 0 Å². The molecule has 0 aliphatic carbocycles. The molecule has 150 valence electrons. The van der Waals surface area contributed by atoms with E-state index in [9.17, 15) is 4.79 Å². The minimum Gasteiger partial charge on any atom is -0.497 e. The smallest absolute Gasteiger partial charge is 0.231 e. The van der Waals surface area contributed by atoms with E-state index in [1.54, 1.807) is 19.1 Å². The van der Waals surface area contributed by atoms with Crippen LogP contribution in [0, 0.1) is 0 Å². The second kappa shape index (κ2) is 7.95. The van der Waals surface area contributed by atoms with Crippen LogP contribution >= 0.6 is 0 Å². The largest absolute Gasteiger partial charge is 0.497 e. The number of hydrogen-bond acceptors (Lipinski definition) is 5. The van der Waals surface area contributed by atoms with E-state index < -0.39 is 0 Å². The lowest BCUT2D eigenvalue weighted by atomic mass is 9.91. The number of hydrogen-bond donors (Lipinski definition) is 0. The standard InChI is InChI=1S/C22H24N4O3/c1-4-21(27)25-18(15-9-11-16(28-2)12-10-15)13-19(26-22(25)23-14-24-26)17-7-5-6-8-20(17)29-3/h5-12,14,18-19H,4,13H2,1-3H3/t18-,19-/m1/s1. The van der Waals surface area contributed by atoms with Crippen molar-refractivity contribution in [3.63, 3.8) is 0 Å². The maximum Gasteiger partial charge on any atom is 0.231 e. The van der Waals surface area contributed by atoms with Crippen LogP contribution in [0.2, 0.25) is 0 Å². The second-order valence-electron chi connectivity index (χ2n) is 6.90. The summed E-state index contributed by atoms with van der Waals surface area (Å²) in [6, 6.07) is 15.5. The van der Waals surface area contributed by atoms with Crippen LogP contribution in [-0.4, -0.2) is 34.9 Å². The lowest BCUT2D eigenvalue weighted by Crippen LogP contribution is -2.42. The summed E-state index contributed by atoms with van der Waals surface area (Å²) in [4.78, 5) is 19.1. The average molecular weight is 392 g/mol. The summed E-state index contributed by atoms with van der Waals surface area (Å²) in [7, 11) is 3.31. The first-order chi connectivity index (χ1) is 14.2. The van der Waals surface area contributed by atoms with Crippen LogP contribution < -0.4 is 14.4 Å². The normalized spacial score (nSPS) is 18.2. The number of amides is 1. The molecule has 0 fully saturated rings. The fourth-order valence-corrected chi connectivity index (χ4v) is 3.96. The quantitative estimate of drug-likeness (QED) is 0.661. The predicted octanol–water partition coefficient (Wildman–Crippen LogP) is 3.77. The number of para-hydroxylation sites is 1. The van der Waals surface area contributed by atoms with Crippen LogP contribution in [-0.2, 0) is 4.79 Å². The number of aromatic nitrogens is 3. The van der Waals surface area contributed by atoms with Crippen molar-refractivity contribution in [3.05, 3.63) is 66.0 Å². The van der Waals surface area contributed by atoms with Crippen LogP contribution in [0.15, 0.2) is 54.9 Å². The molecule has 7 nitrogen and oxygen atoms in total. The monoisotopic (exact) mass is 392 g/mol. The van der Waals surface area contributed by atoms with Crippen molar-refractivity contribution in [2.75, 3.05) is 19.1 Å². The topological polar surface area (TPSA) is 69.5 Å². The number of carbonyl (C=O) groups is 1. The molecule has 1 aliphatic rings. The van der Waals surface area contributed by atoms with Gasteiger partial charge in [-0.2, -0.15) is 10.1 Å². The van der Waals surface area contributed by atoms with Crippen molar-refractivity contribution in [2.45, 2.75) is 31.8 Å². The highest BCUT2D eigenvalue weighted by Gasteiger charge is 2.39. The van der Waals surface area contributed by atoms with Crippen molar-refractivity contribution < 1.29 is 14.3 Å². The fraction of sp³-hybridized carbons (Fsp3) is 0.318. The SMILES string of the molecule is CCC(=O)N1c2ncnn2[C@@H](c2ccccc2OC)C[C@@H]1c1ccc(OC)cc1. The average Bonchev–Trinajstić information content (AvgIpc) is 3.27. The van der Waals surface area contributed by atoms with Crippen LogP contribution in [0.25, 0.3) is 0 Å². The maximum atomic E-state index is 12.9. The van der Waals surface area contributed by atoms with E-state index in [0.29, 0.717) is 18.8 Å². The van der Waals surface area contributed by atoms with Gasteiger partial charge < -0.3 is 9.47 Å². The molecule has 0 radical (unpaired) electrons. The highest BCUT2D eigenvalue weighted by molar-refractivity contribution is 5.92. The second-order valence-corrected chi connectivity index (χ2v) is 6.90. The van der Waals surface area contributed by atoms with Gasteiger partial charge in [-0.15, -0.1) is 0 Å². The van der Waals surface area contributed by atoms with Gasteiger partial charge in [0.2, 0.25) is 11.9 Å². The van der Waals surface area contributed by atoms with E-state index in [1.165, 1.54) is 6.33 Å². The van der Waals surface area contributed by atoms with Crippen molar-refractivity contribution in [1.82, 2.24) is 14.8 Å². The molecule has 2 heterocycles. The van der Waals surface area contributed by atoms with Crippen LogP contribution in [0.5, 0.6) is 11.5 Å². The summed E-state index contributed by atoms with van der Waals surface area (Å²) in [6.45, 7) is 1.86. The Bertz CT molecular complexity index is 999. The fourth-order valence-electron chi connectivity index (χ4n) is 3.96. The zero-order valence-electron chi connectivity index (χ0n) is 16.8. The molecule has 0 bridgehead atoms. The van der Waals surface area contributed by atoms with E-state index in [-0.39, 0.29) is 18.0 Å². The highest BCUT2D eigenvalue weighted by atomic mass is 16.5. The Balaban J connectivity index is 1.84. The Kier molecular flexibility index (Phi) is 5.20. The van der Waals surface area contributed by atoms with E-state index in [2.05, 4.69) is 10.1 Å². The first-order valence-electron chi connectivity index (χ1n) is 9.66. The number of carbonyl (C=O) groups excluding carboxylic acids is 1. The molecule has 1 amide bonds. The molecule has 0 unspecified atom stereocenters. The third-order valence-corrected chi connectivity index (χ3v) is 5.39. The van der Waals surface area contributed by atoms with Crippen LogP contribution in [0.3, 0.4) is 0 Å². The van der Waals surface area contributed by atoms with Gasteiger partial charge in [-0.3, -0.25) is 9.69 Å². The lowest BCUT2D eigenvalue weighted by molar-refractivity contribution is -0.119. The predicted molar refractivity (Wildman–Crippen MR) is 109 cm³/mol. The van der Waals surface area contributed by atoms with Gasteiger partial charge in [-0.1, -0.05) is 37.3 Å². The van der Waals surface area contributed by atoms with Gasteiger partial charge in [0, 0.05) is 12.0 Å². The summed E-state index contributed by atoms with van der Waals surface area (Å²) in [6.07, 6.45) is 2.55. The molecule has 0 saturated carbocycles. The van der Waals surface area contributed by atoms with Gasteiger partial charge in [0.1, 0.15) is 17.8 Å². The number of ether oxygens (including phenoxy) is 2. The molecular formula is C22H24N4O3. The number of nitrogens with zero attached hydrogens (tertiary/aromatic N) is 4. The number of rotatable bonds is 5. The van der Waals surface area contributed by atoms with Gasteiger partial charge in [0.25, 0.3) is 0 Å². The minimum absolute atomic E-state index is 0.0125. The van der Waals surface area contributed by atoms with E-state index in [4.69, 9.17) is 9.47 Å². The Labute approximate surface area is 169 Å². The summed E-state index contributed by atoms with van der Waals surface area (Å²) >= 11 is 0. The number of benzene rings is 2.